The van der Waals surface area contributed by atoms with Gasteiger partial charge in [-0.2, -0.15) is 5.10 Å². The molecule has 2 aromatic heterocycles. The van der Waals surface area contributed by atoms with E-state index in [1.165, 1.54) is 36.9 Å². The molecule has 138 valence electrons. The molecule has 4 rings (SSSR count). The Balaban J connectivity index is 1.33. The summed E-state index contributed by atoms with van der Waals surface area (Å²) >= 11 is 0. The molecule has 6 nitrogen and oxygen atoms in total. The van der Waals surface area contributed by atoms with Crippen molar-refractivity contribution in [2.75, 3.05) is 13.1 Å². The monoisotopic (exact) mass is 353 g/mol. The molecule has 2 aliphatic rings. The van der Waals surface area contributed by atoms with Crippen molar-refractivity contribution in [3.63, 3.8) is 0 Å². The van der Waals surface area contributed by atoms with Gasteiger partial charge in [0.1, 0.15) is 0 Å². The molecule has 1 atom stereocenters. The number of hydrogen-bond acceptors (Lipinski definition) is 4. The van der Waals surface area contributed by atoms with Crippen LogP contribution in [0.5, 0.6) is 0 Å². The van der Waals surface area contributed by atoms with E-state index < -0.39 is 0 Å². The Hall–Kier alpha value is -2.21. The smallest absolute Gasteiger partial charge is 0.222 e. The number of pyridine rings is 1. The van der Waals surface area contributed by atoms with E-state index in [2.05, 4.69) is 31.0 Å². The van der Waals surface area contributed by atoms with E-state index in [1.807, 2.05) is 18.3 Å². The highest BCUT2D eigenvalue weighted by atomic mass is 16.1. The molecule has 1 unspecified atom stereocenters. The molecule has 1 N–H and O–H groups in total. The zero-order valence-electron chi connectivity index (χ0n) is 15.2. The van der Waals surface area contributed by atoms with Crippen molar-refractivity contribution < 1.29 is 4.79 Å². The van der Waals surface area contributed by atoms with Crippen LogP contribution in [0.4, 0.5) is 0 Å². The zero-order valence-corrected chi connectivity index (χ0v) is 15.2. The van der Waals surface area contributed by atoms with Gasteiger partial charge in [-0.05, 0) is 43.0 Å². The van der Waals surface area contributed by atoms with Crippen LogP contribution < -0.4 is 5.32 Å². The molecule has 0 spiro atoms. The Morgan fingerprint density at radius 3 is 2.77 bits per heavy atom. The molecule has 6 heteroatoms. The Kier molecular flexibility index (Phi) is 5.29. The van der Waals surface area contributed by atoms with Crippen LogP contribution in [0.1, 0.15) is 49.4 Å². The van der Waals surface area contributed by atoms with Crippen LogP contribution in [0.25, 0.3) is 0 Å². The number of carbonyl (C=O) groups is 1. The molecule has 1 aliphatic heterocycles. The maximum atomic E-state index is 12.5. The van der Waals surface area contributed by atoms with Gasteiger partial charge in [0.25, 0.3) is 0 Å². The first-order chi connectivity index (χ1) is 12.8. The van der Waals surface area contributed by atoms with Crippen molar-refractivity contribution in [2.24, 2.45) is 0 Å². The number of aromatic nitrogens is 3. The lowest BCUT2D eigenvalue weighted by atomic mass is 10.1. The summed E-state index contributed by atoms with van der Waals surface area (Å²) in [7, 11) is 0. The largest absolute Gasteiger partial charge is 0.356 e. The summed E-state index contributed by atoms with van der Waals surface area (Å²) in [6.45, 7) is 2.55. The Labute approximate surface area is 154 Å². The predicted octanol–water partition coefficient (Wildman–Crippen LogP) is 2.33. The highest BCUT2D eigenvalue weighted by Crippen LogP contribution is 2.30. The quantitative estimate of drug-likeness (QED) is 0.866. The number of carbonyl (C=O) groups excluding carboxylic acids is 1. The van der Waals surface area contributed by atoms with Crippen molar-refractivity contribution in [2.45, 2.75) is 57.2 Å². The van der Waals surface area contributed by atoms with Crippen LogP contribution in [0.3, 0.4) is 0 Å². The second-order valence-electron chi connectivity index (χ2n) is 7.45. The Morgan fingerprint density at radius 2 is 1.96 bits per heavy atom. The predicted molar refractivity (Wildman–Crippen MR) is 99.5 cm³/mol. The third kappa shape index (κ3) is 3.96. The van der Waals surface area contributed by atoms with E-state index in [1.54, 1.807) is 12.4 Å². The molecule has 3 heterocycles. The standard InChI is InChI=1S/C20H27N5O/c26-20(22-11-7-16-5-9-21-10-6-16)13-19-15-24(17-3-1-2-4-17)14-18-8-12-23-25(18)19/h5-6,8-10,12,17,19H,1-4,7,11,13-15H2,(H,22,26). The number of hydrogen-bond donors (Lipinski definition) is 1. The summed E-state index contributed by atoms with van der Waals surface area (Å²) in [5.41, 5.74) is 2.43. The zero-order chi connectivity index (χ0) is 17.8. The third-order valence-corrected chi connectivity index (χ3v) is 5.66. The van der Waals surface area contributed by atoms with Crippen LogP contribution in [0, 0.1) is 0 Å². The molecule has 2 aromatic rings. The summed E-state index contributed by atoms with van der Waals surface area (Å²) in [4.78, 5) is 19.1. The SMILES string of the molecule is O=C(CC1CN(C2CCCC2)Cc2ccnn21)NCCc1ccncc1. The first-order valence-corrected chi connectivity index (χ1v) is 9.71. The summed E-state index contributed by atoms with van der Waals surface area (Å²) in [6.07, 6.45) is 12.0. The molecule has 0 bridgehead atoms. The second-order valence-corrected chi connectivity index (χ2v) is 7.45. The van der Waals surface area contributed by atoms with Crippen LogP contribution in [-0.2, 0) is 17.8 Å². The maximum absolute atomic E-state index is 12.5. The minimum atomic E-state index is 0.110. The minimum Gasteiger partial charge on any atom is -0.356 e. The van der Waals surface area contributed by atoms with Crippen molar-refractivity contribution in [3.8, 4) is 0 Å². The number of nitrogens with zero attached hydrogens (tertiary/aromatic N) is 4. The molecule has 1 aliphatic carbocycles. The highest BCUT2D eigenvalue weighted by Gasteiger charge is 2.32. The van der Waals surface area contributed by atoms with Gasteiger partial charge in [-0.25, -0.2) is 0 Å². The lowest BCUT2D eigenvalue weighted by Crippen LogP contribution is -2.44. The molecular formula is C20H27N5O. The second kappa shape index (κ2) is 7.99. The third-order valence-electron chi connectivity index (χ3n) is 5.66. The van der Waals surface area contributed by atoms with E-state index in [0.717, 1.165) is 19.5 Å². The van der Waals surface area contributed by atoms with Gasteiger partial charge in [-0.1, -0.05) is 12.8 Å². The van der Waals surface area contributed by atoms with Gasteiger partial charge < -0.3 is 5.32 Å². The molecule has 1 amide bonds. The van der Waals surface area contributed by atoms with Crippen LogP contribution >= 0.6 is 0 Å². The van der Waals surface area contributed by atoms with Gasteiger partial charge in [0.2, 0.25) is 5.91 Å². The van der Waals surface area contributed by atoms with E-state index in [0.29, 0.717) is 19.0 Å². The summed E-state index contributed by atoms with van der Waals surface area (Å²) in [5.74, 6) is 0.110. The minimum absolute atomic E-state index is 0.110. The van der Waals surface area contributed by atoms with Crippen LogP contribution in [-0.4, -0.2) is 44.7 Å². The fourth-order valence-corrected chi connectivity index (χ4v) is 4.30. The Morgan fingerprint density at radius 1 is 1.15 bits per heavy atom. The maximum Gasteiger partial charge on any atom is 0.222 e. The first-order valence-electron chi connectivity index (χ1n) is 9.71. The Bertz CT molecular complexity index is 723. The molecule has 1 fully saturated rings. The van der Waals surface area contributed by atoms with Gasteiger partial charge in [-0.3, -0.25) is 19.4 Å². The normalized spacial score (nSPS) is 20.8. The fourth-order valence-electron chi connectivity index (χ4n) is 4.30. The van der Waals surface area contributed by atoms with Crippen molar-refractivity contribution in [3.05, 3.63) is 48.0 Å². The fraction of sp³-hybridized carbons (Fsp3) is 0.550. The average molecular weight is 353 g/mol. The van der Waals surface area contributed by atoms with Gasteiger partial charge in [-0.15, -0.1) is 0 Å². The number of rotatable bonds is 6. The average Bonchev–Trinajstić information content (AvgIpc) is 3.34. The highest BCUT2D eigenvalue weighted by molar-refractivity contribution is 5.76. The summed E-state index contributed by atoms with van der Waals surface area (Å²) in [5, 5.41) is 7.55. The lowest BCUT2D eigenvalue weighted by molar-refractivity contribution is -0.122. The van der Waals surface area contributed by atoms with Gasteiger partial charge >= 0.3 is 0 Å². The first kappa shape index (κ1) is 17.2. The number of nitrogens with one attached hydrogen (secondary N) is 1. The van der Waals surface area contributed by atoms with Gasteiger partial charge in [0.05, 0.1) is 18.2 Å². The molecule has 1 saturated carbocycles. The van der Waals surface area contributed by atoms with E-state index >= 15 is 0 Å². The number of fused-ring (bicyclic) bond motifs is 1. The topological polar surface area (TPSA) is 63.1 Å². The molecule has 0 radical (unpaired) electrons. The number of amides is 1. The van der Waals surface area contributed by atoms with Crippen molar-refractivity contribution in [1.29, 1.82) is 0 Å². The molecular weight excluding hydrogens is 326 g/mol. The summed E-state index contributed by atoms with van der Waals surface area (Å²) in [6, 6.07) is 6.88. The van der Waals surface area contributed by atoms with Gasteiger partial charge in [0.15, 0.2) is 0 Å². The van der Waals surface area contributed by atoms with Crippen LogP contribution in [0.2, 0.25) is 0 Å². The molecule has 26 heavy (non-hydrogen) atoms. The van der Waals surface area contributed by atoms with Crippen LogP contribution in [0.15, 0.2) is 36.8 Å². The van der Waals surface area contributed by atoms with Crippen molar-refractivity contribution in [1.82, 2.24) is 25.0 Å². The van der Waals surface area contributed by atoms with E-state index in [9.17, 15) is 4.79 Å². The van der Waals surface area contributed by atoms with E-state index in [-0.39, 0.29) is 11.9 Å². The lowest BCUT2D eigenvalue weighted by Gasteiger charge is -2.37. The molecule has 0 saturated heterocycles. The van der Waals surface area contributed by atoms with Gasteiger partial charge in [0, 0.05) is 44.3 Å². The van der Waals surface area contributed by atoms with Crippen molar-refractivity contribution >= 4 is 5.91 Å². The molecule has 0 aromatic carbocycles. The van der Waals surface area contributed by atoms with E-state index in [4.69, 9.17) is 0 Å². The summed E-state index contributed by atoms with van der Waals surface area (Å²) < 4.78 is 2.06.